The van der Waals surface area contributed by atoms with E-state index in [4.69, 9.17) is 9.84 Å². The molecule has 4 heterocycles. The Kier molecular flexibility index (Phi) is 6.24. The summed E-state index contributed by atoms with van der Waals surface area (Å²) in [6, 6.07) is 2.78. The van der Waals surface area contributed by atoms with E-state index in [1.54, 1.807) is 0 Å². The Balaban J connectivity index is 1.37. The van der Waals surface area contributed by atoms with Crippen LogP contribution in [0.1, 0.15) is 81.5 Å². The second-order valence-corrected chi connectivity index (χ2v) is 9.02. The Labute approximate surface area is 169 Å². The number of alkyl carbamates (subject to hydrolysis) is 1. The zero-order valence-electron chi connectivity index (χ0n) is 17.5. The molecule has 0 spiro atoms. The molecular formula is C22H36N4O2. The van der Waals surface area contributed by atoms with Crippen molar-refractivity contribution in [1.82, 2.24) is 20.0 Å². The molecule has 5 rings (SSSR count). The van der Waals surface area contributed by atoms with E-state index in [0.29, 0.717) is 36.9 Å². The number of rotatable bonds is 6. The zero-order chi connectivity index (χ0) is 19.5. The summed E-state index contributed by atoms with van der Waals surface area (Å²) >= 11 is 0. The van der Waals surface area contributed by atoms with Crippen LogP contribution in [0.3, 0.4) is 0 Å². The summed E-state index contributed by atoms with van der Waals surface area (Å²) in [6.45, 7) is 5.43. The van der Waals surface area contributed by atoms with Gasteiger partial charge in [-0.2, -0.15) is 5.10 Å². The second-order valence-electron chi connectivity index (χ2n) is 9.02. The lowest BCUT2D eigenvalue weighted by molar-refractivity contribution is -0.00415. The van der Waals surface area contributed by atoms with Gasteiger partial charge < -0.3 is 10.1 Å². The first-order valence-corrected chi connectivity index (χ1v) is 11.3. The second kappa shape index (κ2) is 8.85. The van der Waals surface area contributed by atoms with Gasteiger partial charge in [0.05, 0.1) is 5.69 Å². The first-order valence-electron chi connectivity index (χ1n) is 11.3. The van der Waals surface area contributed by atoms with E-state index in [1.165, 1.54) is 49.9 Å². The lowest BCUT2D eigenvalue weighted by atomic mass is 9.74. The van der Waals surface area contributed by atoms with Crippen molar-refractivity contribution in [3.8, 4) is 0 Å². The molecule has 1 saturated carbocycles. The number of carbonyl (C=O) groups excluding carboxylic acids is 1. The number of nitrogens with one attached hydrogen (secondary N) is 1. The molecule has 1 aromatic heterocycles. The number of amides is 1. The standard InChI is InChI=1S/C22H36N4O2/c1-3-10-23-22(27)28-15-18-12-17-9-11-26(18)14-19(17)21-13-20(24-25(21)2)16-7-5-4-6-8-16/h13,16-19H,3-12,14-15H2,1-2H3,(H,23,27)/t17-,18-,19+/m1/s1. The van der Waals surface area contributed by atoms with Crippen LogP contribution in [0.25, 0.3) is 0 Å². The van der Waals surface area contributed by atoms with Crippen LogP contribution in [0.15, 0.2) is 6.07 Å². The fourth-order valence-corrected chi connectivity index (χ4v) is 5.55. The number of carbonyl (C=O) groups is 1. The summed E-state index contributed by atoms with van der Waals surface area (Å²) in [5, 5.41) is 7.72. The SMILES string of the molecule is CCCNC(=O)OC[C@H]1C[C@H]2CCN1C[C@@H]2c1cc(C2CCCCC2)nn1C. The molecule has 6 heteroatoms. The van der Waals surface area contributed by atoms with Crippen molar-refractivity contribution >= 4 is 6.09 Å². The Morgan fingerprint density at radius 2 is 2.11 bits per heavy atom. The summed E-state index contributed by atoms with van der Waals surface area (Å²) in [4.78, 5) is 14.3. The van der Waals surface area contributed by atoms with E-state index in [2.05, 4.69) is 28.0 Å². The number of fused-ring (bicyclic) bond motifs is 3. The van der Waals surface area contributed by atoms with Gasteiger partial charge >= 0.3 is 6.09 Å². The maximum atomic E-state index is 11.8. The van der Waals surface area contributed by atoms with Gasteiger partial charge in [0, 0.05) is 43.7 Å². The number of hydrogen-bond donors (Lipinski definition) is 1. The number of piperidine rings is 3. The molecule has 0 aromatic carbocycles. The Morgan fingerprint density at radius 1 is 1.29 bits per heavy atom. The molecule has 1 unspecified atom stereocenters. The van der Waals surface area contributed by atoms with Gasteiger partial charge in [-0.1, -0.05) is 26.2 Å². The minimum Gasteiger partial charge on any atom is -0.448 e. The van der Waals surface area contributed by atoms with Gasteiger partial charge in [-0.25, -0.2) is 4.79 Å². The predicted octanol–water partition coefficient (Wildman–Crippen LogP) is 3.78. The average molecular weight is 389 g/mol. The van der Waals surface area contributed by atoms with Gasteiger partial charge in [-0.05, 0) is 50.6 Å². The summed E-state index contributed by atoms with van der Waals surface area (Å²) in [6.07, 6.45) is 9.71. The summed E-state index contributed by atoms with van der Waals surface area (Å²) in [7, 11) is 2.12. The van der Waals surface area contributed by atoms with Crippen molar-refractivity contribution in [3.05, 3.63) is 17.5 Å². The highest BCUT2D eigenvalue weighted by Gasteiger charge is 2.42. The maximum absolute atomic E-state index is 11.8. The monoisotopic (exact) mass is 388 g/mol. The molecule has 2 bridgehead atoms. The molecule has 1 N–H and O–H groups in total. The van der Waals surface area contributed by atoms with E-state index in [9.17, 15) is 4.79 Å². The van der Waals surface area contributed by atoms with Gasteiger partial charge in [0.15, 0.2) is 0 Å². The van der Waals surface area contributed by atoms with Gasteiger partial charge in [-0.3, -0.25) is 9.58 Å². The molecule has 156 valence electrons. The van der Waals surface area contributed by atoms with Crippen LogP contribution in [0.2, 0.25) is 0 Å². The minimum absolute atomic E-state index is 0.273. The quantitative estimate of drug-likeness (QED) is 0.806. The van der Waals surface area contributed by atoms with Crippen molar-refractivity contribution in [2.45, 2.75) is 76.2 Å². The predicted molar refractivity (Wildman–Crippen MR) is 110 cm³/mol. The van der Waals surface area contributed by atoms with Crippen LogP contribution in [0.4, 0.5) is 4.79 Å². The topological polar surface area (TPSA) is 59.4 Å². The molecule has 3 aliphatic heterocycles. The third-order valence-corrected chi connectivity index (χ3v) is 7.14. The lowest BCUT2D eigenvalue weighted by Gasteiger charge is -2.49. The van der Waals surface area contributed by atoms with Crippen LogP contribution < -0.4 is 5.32 Å². The van der Waals surface area contributed by atoms with Crippen LogP contribution in [0.5, 0.6) is 0 Å². The molecule has 4 fully saturated rings. The number of hydrogen-bond acceptors (Lipinski definition) is 4. The Hall–Kier alpha value is -1.56. The van der Waals surface area contributed by atoms with Crippen molar-refractivity contribution in [2.24, 2.45) is 13.0 Å². The summed E-state index contributed by atoms with van der Waals surface area (Å²) in [5.74, 6) is 1.90. The largest absolute Gasteiger partial charge is 0.448 e. The van der Waals surface area contributed by atoms with Gasteiger partial charge in [0.2, 0.25) is 0 Å². The zero-order valence-corrected chi connectivity index (χ0v) is 17.5. The molecule has 4 atom stereocenters. The lowest BCUT2D eigenvalue weighted by Crippen LogP contribution is -2.54. The third kappa shape index (κ3) is 4.22. The normalized spacial score (nSPS) is 30.4. The highest BCUT2D eigenvalue weighted by atomic mass is 16.5. The van der Waals surface area contributed by atoms with Crippen LogP contribution in [-0.2, 0) is 11.8 Å². The number of ether oxygens (including phenoxy) is 1. The van der Waals surface area contributed by atoms with Crippen molar-refractivity contribution in [2.75, 3.05) is 26.2 Å². The van der Waals surface area contributed by atoms with Gasteiger partial charge in [0.25, 0.3) is 0 Å². The Bertz CT molecular complexity index is 667. The van der Waals surface area contributed by atoms with Crippen LogP contribution in [-0.4, -0.2) is 53.1 Å². The molecule has 0 radical (unpaired) electrons. The number of aryl methyl sites for hydroxylation is 1. The number of nitrogens with zero attached hydrogens (tertiary/aromatic N) is 3. The van der Waals surface area contributed by atoms with Crippen molar-refractivity contribution in [1.29, 1.82) is 0 Å². The summed E-state index contributed by atoms with van der Waals surface area (Å²) in [5.41, 5.74) is 2.73. The van der Waals surface area contributed by atoms with Crippen molar-refractivity contribution in [3.63, 3.8) is 0 Å². The molecule has 28 heavy (non-hydrogen) atoms. The smallest absolute Gasteiger partial charge is 0.407 e. The van der Waals surface area contributed by atoms with E-state index < -0.39 is 0 Å². The average Bonchev–Trinajstić information content (AvgIpc) is 3.13. The molecule has 1 amide bonds. The van der Waals surface area contributed by atoms with E-state index in [1.807, 2.05) is 6.92 Å². The highest BCUT2D eigenvalue weighted by molar-refractivity contribution is 5.67. The third-order valence-electron chi connectivity index (χ3n) is 7.14. The number of aromatic nitrogens is 2. The molecule has 6 nitrogen and oxygen atoms in total. The van der Waals surface area contributed by atoms with Crippen LogP contribution in [0, 0.1) is 5.92 Å². The van der Waals surface area contributed by atoms with Gasteiger partial charge in [-0.15, -0.1) is 0 Å². The fourth-order valence-electron chi connectivity index (χ4n) is 5.55. The van der Waals surface area contributed by atoms with Gasteiger partial charge in [0.1, 0.15) is 6.61 Å². The first kappa shape index (κ1) is 19.7. The Morgan fingerprint density at radius 3 is 2.82 bits per heavy atom. The molecule has 1 aromatic rings. The highest BCUT2D eigenvalue weighted by Crippen LogP contribution is 2.43. The molecule has 1 aliphatic carbocycles. The van der Waals surface area contributed by atoms with E-state index in [-0.39, 0.29) is 6.09 Å². The minimum atomic E-state index is -0.273. The fraction of sp³-hybridized carbons (Fsp3) is 0.818. The summed E-state index contributed by atoms with van der Waals surface area (Å²) < 4.78 is 7.63. The molecule has 4 aliphatic rings. The first-order chi connectivity index (χ1) is 13.7. The molecule has 3 saturated heterocycles. The van der Waals surface area contributed by atoms with Crippen molar-refractivity contribution < 1.29 is 9.53 Å². The molecular weight excluding hydrogens is 352 g/mol. The maximum Gasteiger partial charge on any atom is 0.407 e. The van der Waals surface area contributed by atoms with E-state index >= 15 is 0 Å². The van der Waals surface area contributed by atoms with Crippen LogP contribution >= 0.6 is 0 Å². The van der Waals surface area contributed by atoms with E-state index in [0.717, 1.165) is 25.9 Å².